The van der Waals surface area contributed by atoms with Crippen molar-refractivity contribution in [3.8, 4) is 0 Å². The average molecular weight is 370 g/mol. The molecule has 0 aliphatic heterocycles. The maximum Gasteiger partial charge on any atom is 0.293 e. The van der Waals surface area contributed by atoms with E-state index in [1.165, 1.54) is 0 Å². The lowest BCUT2D eigenvalue weighted by Gasteiger charge is -2.29. The van der Waals surface area contributed by atoms with Gasteiger partial charge in [0.2, 0.25) is 0 Å². The fraction of sp³-hybridized carbons (Fsp3) is 0.938. The summed E-state index contributed by atoms with van der Waals surface area (Å²) >= 11 is 0. The van der Waals surface area contributed by atoms with Crippen LogP contribution in [0, 0.1) is 0 Å². The summed E-state index contributed by atoms with van der Waals surface area (Å²) in [6.45, 7) is 17.4. The Bertz CT molecular complexity index is 282. The topological polar surface area (TPSA) is 56.8 Å². The van der Waals surface area contributed by atoms with Gasteiger partial charge in [-0.15, -0.1) is 0 Å². The molecule has 0 fully saturated rings. The average Bonchev–Trinajstić information content (AvgIpc) is 2.40. The highest BCUT2D eigenvalue weighted by Gasteiger charge is 2.21. The Hall–Kier alpha value is 0.0500. The lowest BCUT2D eigenvalue weighted by molar-refractivity contribution is -0.131. The summed E-state index contributed by atoms with van der Waals surface area (Å²) in [5.74, 6) is 0.715. The van der Waals surface area contributed by atoms with Gasteiger partial charge in [-0.25, -0.2) is 0 Å². The summed E-state index contributed by atoms with van der Waals surface area (Å²) in [6, 6.07) is 0. The molecular formula is C16H35NO4S2. The number of hydrogen-bond donors (Lipinski definition) is 1. The monoisotopic (exact) mass is 369 g/mol. The SMILES string of the molecule is CC(C)OC=O.COCCOCSSC(C)(C)CNC(C)(C)C. The van der Waals surface area contributed by atoms with E-state index in [1.54, 1.807) is 31.8 Å². The van der Waals surface area contributed by atoms with Crippen molar-refractivity contribution in [1.29, 1.82) is 0 Å². The summed E-state index contributed by atoms with van der Waals surface area (Å²) < 4.78 is 14.9. The molecule has 1 N–H and O–H groups in total. The zero-order valence-corrected chi connectivity index (χ0v) is 17.6. The number of carbonyl (C=O) groups excluding carboxylic acids is 1. The van der Waals surface area contributed by atoms with Crippen molar-refractivity contribution in [2.45, 2.75) is 64.9 Å². The predicted octanol–water partition coefficient (Wildman–Crippen LogP) is 3.72. The lowest BCUT2D eigenvalue weighted by Crippen LogP contribution is -2.43. The highest BCUT2D eigenvalue weighted by atomic mass is 33.1. The predicted molar refractivity (Wildman–Crippen MR) is 102 cm³/mol. The summed E-state index contributed by atoms with van der Waals surface area (Å²) in [6.07, 6.45) is 0.0301. The normalized spacial score (nSPS) is 11.9. The van der Waals surface area contributed by atoms with Gasteiger partial charge in [-0.3, -0.25) is 4.79 Å². The number of hydrogen-bond acceptors (Lipinski definition) is 7. The van der Waals surface area contributed by atoms with Crippen LogP contribution in [0.1, 0.15) is 48.5 Å². The van der Waals surface area contributed by atoms with Crippen LogP contribution < -0.4 is 5.32 Å². The standard InChI is InChI=1S/C12H27NO2S2.C4H8O2/c1-11(2,3)13-9-12(4,5)17-16-10-15-8-7-14-6;1-4(2)6-3-5/h13H,7-10H2,1-6H3;3-4H,1-2H3. The van der Waals surface area contributed by atoms with E-state index in [0.717, 1.165) is 6.54 Å². The molecule has 0 saturated heterocycles. The second kappa shape index (κ2) is 14.4. The molecule has 0 heterocycles. The number of rotatable bonds is 11. The molecule has 0 aromatic rings. The maximum absolute atomic E-state index is 9.39. The Balaban J connectivity index is 0. The summed E-state index contributed by atoms with van der Waals surface area (Å²) in [5, 5.41) is 3.53. The third-order valence-corrected chi connectivity index (χ3v) is 5.19. The highest BCUT2D eigenvalue weighted by Crippen LogP contribution is 2.35. The molecule has 0 amide bonds. The molecule has 0 aromatic heterocycles. The van der Waals surface area contributed by atoms with Gasteiger partial charge in [-0.2, -0.15) is 0 Å². The summed E-state index contributed by atoms with van der Waals surface area (Å²) in [4.78, 5) is 9.39. The van der Waals surface area contributed by atoms with Gasteiger partial charge in [0.25, 0.3) is 6.47 Å². The van der Waals surface area contributed by atoms with Crippen LogP contribution in [-0.4, -0.2) is 55.7 Å². The van der Waals surface area contributed by atoms with Crippen LogP contribution in [0.3, 0.4) is 0 Å². The molecule has 5 nitrogen and oxygen atoms in total. The Morgan fingerprint density at radius 3 is 2.13 bits per heavy atom. The van der Waals surface area contributed by atoms with E-state index < -0.39 is 0 Å². The maximum atomic E-state index is 9.39. The van der Waals surface area contributed by atoms with Crippen LogP contribution in [0.2, 0.25) is 0 Å². The van der Waals surface area contributed by atoms with Crippen LogP contribution in [0.25, 0.3) is 0 Å². The summed E-state index contributed by atoms with van der Waals surface area (Å²) in [5.41, 5.74) is 0.178. The number of methoxy groups -OCH3 is 1. The van der Waals surface area contributed by atoms with Crippen LogP contribution in [0.15, 0.2) is 0 Å². The van der Waals surface area contributed by atoms with Gasteiger partial charge in [0.1, 0.15) is 5.94 Å². The Morgan fingerprint density at radius 2 is 1.74 bits per heavy atom. The van der Waals surface area contributed by atoms with Gasteiger partial charge in [-0.05, 0) is 48.5 Å². The first-order valence-electron chi connectivity index (χ1n) is 7.75. The molecule has 0 radical (unpaired) electrons. The van der Waals surface area contributed by atoms with Gasteiger partial charge in [0.05, 0.1) is 19.3 Å². The van der Waals surface area contributed by atoms with Gasteiger partial charge in [0.15, 0.2) is 0 Å². The second-order valence-corrected chi connectivity index (χ2v) is 9.81. The first kappa shape index (κ1) is 25.3. The van der Waals surface area contributed by atoms with E-state index in [-0.39, 0.29) is 16.4 Å². The van der Waals surface area contributed by atoms with Crippen molar-refractivity contribution in [3.63, 3.8) is 0 Å². The third-order valence-electron chi connectivity index (χ3n) is 2.22. The van der Waals surface area contributed by atoms with Gasteiger partial charge in [-0.1, -0.05) is 21.6 Å². The van der Waals surface area contributed by atoms with E-state index >= 15 is 0 Å². The third kappa shape index (κ3) is 24.4. The van der Waals surface area contributed by atoms with Crippen molar-refractivity contribution < 1.29 is 19.0 Å². The molecule has 0 aliphatic rings. The van der Waals surface area contributed by atoms with Gasteiger partial charge < -0.3 is 19.5 Å². The van der Waals surface area contributed by atoms with Crippen molar-refractivity contribution in [3.05, 3.63) is 0 Å². The van der Waals surface area contributed by atoms with E-state index in [4.69, 9.17) is 9.47 Å². The molecule has 0 spiro atoms. The van der Waals surface area contributed by atoms with E-state index in [9.17, 15) is 4.79 Å². The highest BCUT2D eigenvalue weighted by molar-refractivity contribution is 8.77. The first-order chi connectivity index (χ1) is 10.5. The molecule has 0 saturated carbocycles. The molecular weight excluding hydrogens is 334 g/mol. The van der Waals surface area contributed by atoms with Crippen molar-refractivity contribution in [1.82, 2.24) is 5.32 Å². The van der Waals surface area contributed by atoms with E-state index in [2.05, 4.69) is 44.7 Å². The fourth-order valence-corrected chi connectivity index (χ4v) is 3.20. The first-order valence-corrected chi connectivity index (χ1v) is 10.1. The molecule has 0 aromatic carbocycles. The number of nitrogens with one attached hydrogen (secondary N) is 1. The zero-order valence-electron chi connectivity index (χ0n) is 15.9. The summed E-state index contributed by atoms with van der Waals surface area (Å²) in [7, 11) is 5.31. The quantitative estimate of drug-likeness (QED) is 0.258. The molecule has 0 bridgehead atoms. The minimum Gasteiger partial charge on any atom is -0.465 e. The Kier molecular flexibility index (Phi) is 15.8. The Labute approximate surface area is 150 Å². The zero-order chi connectivity index (χ0) is 18.4. The van der Waals surface area contributed by atoms with Crippen LogP contribution in [0.5, 0.6) is 0 Å². The van der Waals surface area contributed by atoms with E-state index in [1.807, 2.05) is 10.8 Å². The minimum absolute atomic E-state index is 0.0301. The molecule has 0 atom stereocenters. The van der Waals surface area contributed by atoms with Crippen molar-refractivity contribution >= 4 is 28.1 Å². The van der Waals surface area contributed by atoms with Crippen LogP contribution in [-0.2, 0) is 19.0 Å². The van der Waals surface area contributed by atoms with E-state index in [0.29, 0.717) is 25.6 Å². The Morgan fingerprint density at radius 1 is 1.13 bits per heavy atom. The molecule has 7 heteroatoms. The molecule has 23 heavy (non-hydrogen) atoms. The smallest absolute Gasteiger partial charge is 0.293 e. The number of carbonyl (C=O) groups is 1. The van der Waals surface area contributed by atoms with Crippen LogP contribution >= 0.6 is 21.6 Å². The molecule has 0 unspecified atom stereocenters. The fourth-order valence-electron chi connectivity index (χ4n) is 1.04. The largest absolute Gasteiger partial charge is 0.465 e. The van der Waals surface area contributed by atoms with Crippen molar-refractivity contribution in [2.75, 3.05) is 32.8 Å². The van der Waals surface area contributed by atoms with Gasteiger partial charge >= 0.3 is 0 Å². The van der Waals surface area contributed by atoms with Crippen molar-refractivity contribution in [2.24, 2.45) is 0 Å². The lowest BCUT2D eigenvalue weighted by atomic mass is 10.1. The van der Waals surface area contributed by atoms with Crippen LogP contribution in [0.4, 0.5) is 0 Å². The second-order valence-electron chi connectivity index (χ2n) is 6.86. The number of ether oxygens (including phenoxy) is 3. The minimum atomic E-state index is 0.0301. The molecule has 0 aliphatic carbocycles. The molecule has 0 rings (SSSR count). The van der Waals surface area contributed by atoms with Gasteiger partial charge in [0, 0.05) is 23.9 Å². The molecule has 140 valence electrons.